The molecule has 0 aliphatic heterocycles. The molecule has 0 spiro atoms. The third-order valence-corrected chi connectivity index (χ3v) is 6.37. The van der Waals surface area contributed by atoms with Crippen LogP contribution < -0.4 is 5.32 Å². The van der Waals surface area contributed by atoms with E-state index in [4.69, 9.17) is 23.8 Å². The molecular formula is C18H19ClN6OS2. The number of benzene rings is 1. The van der Waals surface area contributed by atoms with Crippen LogP contribution in [-0.4, -0.2) is 30.9 Å². The Balaban J connectivity index is 1.46. The summed E-state index contributed by atoms with van der Waals surface area (Å²) < 4.78 is 2.03. The number of nitrogens with zero attached hydrogens (tertiary/aromatic N) is 4. The van der Waals surface area contributed by atoms with E-state index in [1.54, 1.807) is 16.7 Å². The Labute approximate surface area is 176 Å². The summed E-state index contributed by atoms with van der Waals surface area (Å²) in [6.07, 6.45) is 6.06. The van der Waals surface area contributed by atoms with Gasteiger partial charge in [0.1, 0.15) is 11.6 Å². The number of anilines is 1. The molecule has 1 aliphatic rings. The second-order valence-corrected chi connectivity index (χ2v) is 8.61. The molecule has 0 bridgehead atoms. The minimum Gasteiger partial charge on any atom is -0.299 e. The van der Waals surface area contributed by atoms with E-state index >= 15 is 0 Å². The highest BCUT2D eigenvalue weighted by Gasteiger charge is 2.20. The van der Waals surface area contributed by atoms with Gasteiger partial charge in [-0.3, -0.25) is 19.8 Å². The summed E-state index contributed by atoms with van der Waals surface area (Å²) in [5, 5.41) is 20.4. The van der Waals surface area contributed by atoms with Crippen molar-refractivity contribution in [3.63, 3.8) is 0 Å². The zero-order valence-electron chi connectivity index (χ0n) is 15.0. The molecule has 1 saturated carbocycles. The minimum atomic E-state index is -0.223. The number of amides is 1. The quantitative estimate of drug-likeness (QED) is 0.563. The fraction of sp³-hybridized carbons (Fsp3) is 0.389. The maximum absolute atomic E-state index is 12.6. The van der Waals surface area contributed by atoms with E-state index in [9.17, 15) is 4.79 Å². The van der Waals surface area contributed by atoms with E-state index in [0.29, 0.717) is 26.7 Å². The lowest BCUT2D eigenvalue weighted by molar-refractivity contribution is -0.116. The first-order chi connectivity index (χ1) is 13.6. The van der Waals surface area contributed by atoms with E-state index in [-0.39, 0.29) is 12.5 Å². The van der Waals surface area contributed by atoms with Crippen molar-refractivity contribution in [2.75, 3.05) is 5.32 Å². The van der Waals surface area contributed by atoms with Crippen LogP contribution in [-0.2, 0) is 11.3 Å². The molecule has 0 saturated heterocycles. The molecule has 28 heavy (non-hydrogen) atoms. The molecule has 4 rings (SSSR count). The number of carbonyl (C=O) groups excluding carboxylic acids is 1. The van der Waals surface area contributed by atoms with Crippen LogP contribution in [0.5, 0.6) is 0 Å². The molecule has 2 heterocycles. The van der Waals surface area contributed by atoms with E-state index in [0.717, 1.165) is 23.4 Å². The van der Waals surface area contributed by atoms with Crippen LogP contribution in [0.25, 0.3) is 11.4 Å². The summed E-state index contributed by atoms with van der Waals surface area (Å²) in [7, 11) is 0. The third-order valence-electron chi connectivity index (χ3n) is 4.80. The largest absolute Gasteiger partial charge is 0.299 e. The Bertz CT molecular complexity index is 1020. The first kappa shape index (κ1) is 19.2. The van der Waals surface area contributed by atoms with Gasteiger partial charge in [0.15, 0.2) is 10.6 Å². The topological polar surface area (TPSA) is 88.5 Å². The van der Waals surface area contributed by atoms with Crippen LogP contribution in [0.1, 0.15) is 43.0 Å². The second kappa shape index (κ2) is 8.50. The lowest BCUT2D eigenvalue weighted by Gasteiger charge is -2.18. The minimum absolute atomic E-state index is 0.0334. The van der Waals surface area contributed by atoms with Gasteiger partial charge in [0.05, 0.1) is 0 Å². The number of halogens is 1. The van der Waals surface area contributed by atoms with Gasteiger partial charge in [-0.2, -0.15) is 5.10 Å². The normalized spacial score (nSPS) is 14.9. The number of rotatable bonds is 5. The summed E-state index contributed by atoms with van der Waals surface area (Å²) in [5.74, 6) is 0.826. The Morgan fingerprint density at radius 3 is 2.75 bits per heavy atom. The fourth-order valence-corrected chi connectivity index (χ4v) is 4.64. The first-order valence-electron chi connectivity index (χ1n) is 9.14. The van der Waals surface area contributed by atoms with Crippen LogP contribution in [0.4, 0.5) is 5.13 Å². The highest BCUT2D eigenvalue weighted by Crippen LogP contribution is 2.35. The second-order valence-electron chi connectivity index (χ2n) is 6.77. The number of hydrogen-bond donors (Lipinski definition) is 2. The number of H-pyrrole nitrogens is 1. The first-order valence-corrected chi connectivity index (χ1v) is 10.7. The van der Waals surface area contributed by atoms with Crippen molar-refractivity contribution in [1.29, 1.82) is 0 Å². The van der Waals surface area contributed by atoms with Gasteiger partial charge < -0.3 is 0 Å². The SMILES string of the molecule is O=C(Cn1c(-c2ccc(Cl)cc2)n[nH]c1=S)Nc1nnc(C2CCCCC2)s1. The van der Waals surface area contributed by atoms with Crippen LogP contribution in [0.15, 0.2) is 24.3 Å². The van der Waals surface area contributed by atoms with Crippen LogP contribution in [0, 0.1) is 4.77 Å². The molecule has 1 aromatic carbocycles. The molecule has 2 N–H and O–H groups in total. The maximum Gasteiger partial charge on any atom is 0.246 e. The smallest absolute Gasteiger partial charge is 0.246 e. The summed E-state index contributed by atoms with van der Waals surface area (Å²) in [6.45, 7) is 0.0334. The van der Waals surface area contributed by atoms with E-state index in [1.165, 1.54) is 30.6 Å². The highest BCUT2D eigenvalue weighted by molar-refractivity contribution is 7.71. The van der Waals surface area contributed by atoms with Crippen molar-refractivity contribution in [3.05, 3.63) is 39.1 Å². The number of aromatic nitrogens is 5. The zero-order chi connectivity index (χ0) is 19.5. The monoisotopic (exact) mass is 434 g/mol. The van der Waals surface area contributed by atoms with Gasteiger partial charge in [-0.1, -0.05) is 42.2 Å². The van der Waals surface area contributed by atoms with Gasteiger partial charge in [-0.05, 0) is 49.3 Å². The van der Waals surface area contributed by atoms with Crippen molar-refractivity contribution in [2.24, 2.45) is 0 Å². The standard InChI is InChI=1S/C18H19ClN6OS2/c19-13-8-6-11(7-9-13)15-21-24-18(27)25(15)10-14(26)20-17-23-22-16(28-17)12-4-2-1-3-5-12/h6-9,12H,1-5,10H2,(H,24,27)(H,20,23,26). The molecule has 1 aliphatic carbocycles. The molecule has 2 aromatic heterocycles. The fourth-order valence-electron chi connectivity index (χ4n) is 3.39. The van der Waals surface area contributed by atoms with Crippen molar-refractivity contribution in [1.82, 2.24) is 25.0 Å². The van der Waals surface area contributed by atoms with Crippen molar-refractivity contribution in [3.8, 4) is 11.4 Å². The molecule has 146 valence electrons. The van der Waals surface area contributed by atoms with Crippen LogP contribution in [0.2, 0.25) is 5.02 Å². The molecule has 0 radical (unpaired) electrons. The molecular weight excluding hydrogens is 416 g/mol. The Morgan fingerprint density at radius 1 is 1.25 bits per heavy atom. The molecule has 3 aromatic rings. The van der Waals surface area contributed by atoms with Gasteiger partial charge in [-0.15, -0.1) is 10.2 Å². The van der Waals surface area contributed by atoms with Crippen molar-refractivity contribution < 1.29 is 4.79 Å². The lowest BCUT2D eigenvalue weighted by Crippen LogP contribution is -2.19. The highest BCUT2D eigenvalue weighted by atomic mass is 35.5. The van der Waals surface area contributed by atoms with E-state index in [1.807, 2.05) is 12.1 Å². The van der Waals surface area contributed by atoms with Gasteiger partial charge in [0.25, 0.3) is 0 Å². The molecule has 0 unspecified atom stereocenters. The number of nitrogens with one attached hydrogen (secondary N) is 2. The molecule has 0 atom stereocenters. The van der Waals surface area contributed by atoms with E-state index < -0.39 is 0 Å². The molecule has 1 fully saturated rings. The zero-order valence-corrected chi connectivity index (χ0v) is 17.4. The van der Waals surface area contributed by atoms with Gasteiger partial charge in [0.2, 0.25) is 11.0 Å². The van der Waals surface area contributed by atoms with Gasteiger partial charge >= 0.3 is 0 Å². The molecule has 7 nitrogen and oxygen atoms in total. The number of aromatic amines is 1. The van der Waals surface area contributed by atoms with Crippen LogP contribution in [0.3, 0.4) is 0 Å². The molecule has 10 heteroatoms. The summed E-state index contributed by atoms with van der Waals surface area (Å²) in [4.78, 5) is 12.6. The summed E-state index contributed by atoms with van der Waals surface area (Å²) >= 11 is 12.7. The number of hydrogen-bond acceptors (Lipinski definition) is 6. The van der Waals surface area contributed by atoms with Gasteiger partial charge in [-0.25, -0.2) is 0 Å². The van der Waals surface area contributed by atoms with Crippen LogP contribution >= 0.6 is 35.2 Å². The van der Waals surface area contributed by atoms with E-state index in [2.05, 4.69) is 25.7 Å². The predicted octanol–water partition coefficient (Wildman–Crippen LogP) is 4.80. The summed E-state index contributed by atoms with van der Waals surface area (Å²) in [5.41, 5.74) is 0.819. The van der Waals surface area contributed by atoms with Gasteiger partial charge in [0, 0.05) is 16.5 Å². The maximum atomic E-state index is 12.6. The predicted molar refractivity (Wildman–Crippen MR) is 112 cm³/mol. The lowest BCUT2D eigenvalue weighted by atomic mass is 9.90. The number of carbonyl (C=O) groups is 1. The Morgan fingerprint density at radius 2 is 2.00 bits per heavy atom. The Hall–Kier alpha value is -2.10. The summed E-state index contributed by atoms with van der Waals surface area (Å²) in [6, 6.07) is 7.21. The van der Waals surface area contributed by atoms with Crippen molar-refractivity contribution in [2.45, 2.75) is 44.6 Å². The average Bonchev–Trinajstić information content (AvgIpc) is 3.31. The van der Waals surface area contributed by atoms with Crippen molar-refractivity contribution >= 4 is 46.2 Å². The Kier molecular flexibility index (Phi) is 5.84. The average molecular weight is 435 g/mol. The third kappa shape index (κ3) is 4.31. The molecule has 1 amide bonds.